The third-order valence-corrected chi connectivity index (χ3v) is 3.10. The number of primary amides is 2. The standard InChI is InChI=1S/C12H16N2O2S2.Ca.2H/c13-11(15)9-2-1-7(3-5-17)10(12(14)16)8(9)4-6-18;;;/h1-2,17-18H,3-6H2,(H2,13,15)(H2,14,16);;;/q;+2;2*-1. The molecule has 1 rings (SSSR count). The van der Waals surface area contributed by atoms with Crippen LogP contribution < -0.4 is 11.5 Å². The number of carbonyl (C=O) groups is 2. The molecular formula is C12H18CaN2O2S2. The number of hydrogen-bond acceptors (Lipinski definition) is 4. The fourth-order valence-electron chi connectivity index (χ4n) is 1.93. The maximum atomic E-state index is 11.6. The van der Waals surface area contributed by atoms with Crippen molar-refractivity contribution in [3.05, 3.63) is 34.4 Å². The Morgan fingerprint density at radius 1 is 1.05 bits per heavy atom. The van der Waals surface area contributed by atoms with E-state index in [4.69, 9.17) is 11.5 Å². The maximum Gasteiger partial charge on any atom is 2.00 e. The van der Waals surface area contributed by atoms with Gasteiger partial charge in [-0.15, -0.1) is 0 Å². The van der Waals surface area contributed by atoms with E-state index in [9.17, 15) is 9.59 Å². The van der Waals surface area contributed by atoms with Crippen LogP contribution in [-0.2, 0) is 12.8 Å². The summed E-state index contributed by atoms with van der Waals surface area (Å²) >= 11 is 8.27. The fourth-order valence-corrected chi connectivity index (χ4v) is 2.40. The number of amides is 2. The van der Waals surface area contributed by atoms with Crippen LogP contribution in [0.5, 0.6) is 0 Å². The molecule has 1 aromatic rings. The van der Waals surface area contributed by atoms with Gasteiger partial charge in [0.2, 0.25) is 11.8 Å². The van der Waals surface area contributed by atoms with Crippen LogP contribution in [0.1, 0.15) is 34.7 Å². The zero-order valence-corrected chi connectivity index (χ0v) is 14.6. The summed E-state index contributed by atoms with van der Waals surface area (Å²) in [7, 11) is 0. The second-order valence-corrected chi connectivity index (χ2v) is 4.70. The molecule has 0 aliphatic carbocycles. The van der Waals surface area contributed by atoms with Crippen molar-refractivity contribution in [1.29, 1.82) is 0 Å². The van der Waals surface area contributed by atoms with Crippen LogP contribution >= 0.6 is 25.3 Å². The van der Waals surface area contributed by atoms with Crippen molar-refractivity contribution < 1.29 is 12.4 Å². The fraction of sp³-hybridized carbons (Fsp3) is 0.333. The first kappa shape index (κ1) is 19.1. The van der Waals surface area contributed by atoms with Gasteiger partial charge >= 0.3 is 37.7 Å². The molecule has 2 amide bonds. The minimum atomic E-state index is -0.563. The molecule has 0 spiro atoms. The molecule has 0 aromatic heterocycles. The molecule has 0 heterocycles. The molecule has 4 N–H and O–H groups in total. The minimum absolute atomic E-state index is 0. The molecule has 0 saturated heterocycles. The second-order valence-electron chi connectivity index (χ2n) is 3.80. The number of nitrogens with two attached hydrogens (primary N) is 2. The van der Waals surface area contributed by atoms with Gasteiger partial charge in [-0.25, -0.2) is 0 Å². The smallest absolute Gasteiger partial charge is 1.00 e. The van der Waals surface area contributed by atoms with Crippen molar-refractivity contribution in [3.63, 3.8) is 0 Å². The molecule has 1 aromatic carbocycles. The molecule has 0 aliphatic heterocycles. The molecule has 19 heavy (non-hydrogen) atoms. The molecule has 0 atom stereocenters. The van der Waals surface area contributed by atoms with Gasteiger partial charge in [-0.1, -0.05) is 6.07 Å². The van der Waals surface area contributed by atoms with Gasteiger partial charge in [-0.2, -0.15) is 25.3 Å². The molecular weight excluding hydrogens is 308 g/mol. The van der Waals surface area contributed by atoms with Crippen LogP contribution in [-0.4, -0.2) is 61.1 Å². The molecule has 0 saturated carbocycles. The summed E-state index contributed by atoms with van der Waals surface area (Å²) in [4.78, 5) is 23.0. The van der Waals surface area contributed by atoms with Gasteiger partial charge in [-0.05, 0) is 41.5 Å². The quantitative estimate of drug-likeness (QED) is 0.457. The largest absolute Gasteiger partial charge is 2.00 e. The van der Waals surface area contributed by atoms with E-state index in [0.717, 1.165) is 5.56 Å². The Labute approximate surface area is 156 Å². The monoisotopic (exact) mass is 326 g/mol. The van der Waals surface area contributed by atoms with Crippen molar-refractivity contribution in [2.24, 2.45) is 11.5 Å². The normalized spacial score (nSPS) is 9.79. The van der Waals surface area contributed by atoms with Crippen molar-refractivity contribution in [2.75, 3.05) is 11.5 Å². The Hall–Kier alpha value is 0.120. The maximum absolute atomic E-state index is 11.6. The summed E-state index contributed by atoms with van der Waals surface area (Å²) in [6.45, 7) is 0. The molecule has 0 radical (unpaired) electrons. The Bertz CT molecular complexity index is 491. The summed E-state index contributed by atoms with van der Waals surface area (Å²) in [5, 5.41) is 0. The minimum Gasteiger partial charge on any atom is -1.00 e. The molecule has 0 unspecified atom stereocenters. The molecule has 0 fully saturated rings. The zero-order valence-electron chi connectivity index (χ0n) is 12.6. The van der Waals surface area contributed by atoms with E-state index in [1.54, 1.807) is 12.1 Å². The van der Waals surface area contributed by atoms with Gasteiger partial charge in [-0.3, -0.25) is 9.59 Å². The number of benzene rings is 1. The average molecular weight is 326 g/mol. The number of carbonyl (C=O) groups excluding carboxylic acids is 2. The van der Waals surface area contributed by atoms with Crippen molar-refractivity contribution >= 4 is 74.8 Å². The van der Waals surface area contributed by atoms with E-state index in [0.29, 0.717) is 41.0 Å². The molecule has 102 valence electrons. The Kier molecular flexibility index (Phi) is 9.19. The molecule has 0 aliphatic rings. The van der Waals surface area contributed by atoms with Crippen LogP contribution in [0.15, 0.2) is 12.1 Å². The molecule has 0 bridgehead atoms. The van der Waals surface area contributed by atoms with Gasteiger partial charge in [0.05, 0.1) is 0 Å². The average Bonchev–Trinajstić information content (AvgIpc) is 2.29. The Morgan fingerprint density at radius 2 is 1.63 bits per heavy atom. The predicted molar refractivity (Wildman–Crippen MR) is 86.6 cm³/mol. The van der Waals surface area contributed by atoms with Gasteiger partial charge in [0.15, 0.2) is 0 Å². The first-order chi connectivity index (χ1) is 8.52. The van der Waals surface area contributed by atoms with Gasteiger partial charge in [0.25, 0.3) is 0 Å². The SMILES string of the molecule is NC(=O)c1ccc(CCS)c(C(N)=O)c1CCS.[Ca+2].[H-].[H-]. The van der Waals surface area contributed by atoms with Crippen LogP contribution in [0, 0.1) is 0 Å². The van der Waals surface area contributed by atoms with Crippen LogP contribution in [0.4, 0.5) is 0 Å². The molecule has 4 nitrogen and oxygen atoms in total. The van der Waals surface area contributed by atoms with E-state index in [2.05, 4.69) is 25.3 Å². The first-order valence-electron chi connectivity index (χ1n) is 5.49. The van der Waals surface area contributed by atoms with Gasteiger partial charge < -0.3 is 14.3 Å². The number of aryl methyl sites for hydroxylation is 1. The molecule has 7 heteroatoms. The number of hydrogen-bond donors (Lipinski definition) is 4. The van der Waals surface area contributed by atoms with Crippen LogP contribution in [0.2, 0.25) is 0 Å². The third kappa shape index (κ3) is 4.86. The first-order valence-corrected chi connectivity index (χ1v) is 6.75. The van der Waals surface area contributed by atoms with Gasteiger partial charge in [0.1, 0.15) is 0 Å². The third-order valence-electron chi connectivity index (χ3n) is 2.65. The van der Waals surface area contributed by atoms with E-state index in [-0.39, 0.29) is 40.6 Å². The summed E-state index contributed by atoms with van der Waals surface area (Å²) in [5.74, 6) is -0.0140. The van der Waals surface area contributed by atoms with E-state index >= 15 is 0 Å². The Morgan fingerprint density at radius 3 is 2.05 bits per heavy atom. The van der Waals surface area contributed by atoms with Crippen LogP contribution in [0.25, 0.3) is 0 Å². The zero-order chi connectivity index (χ0) is 13.7. The van der Waals surface area contributed by atoms with Crippen molar-refractivity contribution in [2.45, 2.75) is 12.8 Å². The number of rotatable bonds is 6. The predicted octanol–water partition coefficient (Wildman–Crippen LogP) is 0.673. The summed E-state index contributed by atoms with van der Waals surface area (Å²) in [6, 6.07) is 3.34. The summed E-state index contributed by atoms with van der Waals surface area (Å²) < 4.78 is 0. The van der Waals surface area contributed by atoms with Crippen molar-refractivity contribution in [3.8, 4) is 0 Å². The van der Waals surface area contributed by atoms with E-state index in [1.807, 2.05) is 0 Å². The number of thiol groups is 2. The Balaban J connectivity index is -0.00000108. The van der Waals surface area contributed by atoms with E-state index in [1.165, 1.54) is 0 Å². The van der Waals surface area contributed by atoms with Crippen molar-refractivity contribution in [1.82, 2.24) is 0 Å². The van der Waals surface area contributed by atoms with E-state index < -0.39 is 11.8 Å². The second kappa shape index (κ2) is 9.13. The summed E-state index contributed by atoms with van der Waals surface area (Å²) in [6.07, 6.45) is 1.08. The topological polar surface area (TPSA) is 86.2 Å². The van der Waals surface area contributed by atoms with Crippen LogP contribution in [0.3, 0.4) is 0 Å². The summed E-state index contributed by atoms with van der Waals surface area (Å²) in [5.41, 5.74) is 12.8. The van der Waals surface area contributed by atoms with Gasteiger partial charge in [0, 0.05) is 11.1 Å².